The van der Waals surface area contributed by atoms with Gasteiger partial charge in [-0.1, -0.05) is 24.3 Å². The summed E-state index contributed by atoms with van der Waals surface area (Å²) in [7, 11) is 1.69. The van der Waals surface area contributed by atoms with E-state index in [0.29, 0.717) is 12.2 Å². The molecule has 0 unspecified atom stereocenters. The number of carbonyl (C=O) groups is 1. The van der Waals surface area contributed by atoms with Gasteiger partial charge < -0.3 is 15.4 Å². The molecule has 1 aromatic carbocycles. The van der Waals surface area contributed by atoms with Crippen molar-refractivity contribution in [3.05, 3.63) is 53.7 Å². The van der Waals surface area contributed by atoms with Crippen molar-refractivity contribution in [2.45, 2.75) is 19.8 Å². The number of pyridine rings is 1. The lowest BCUT2D eigenvalue weighted by atomic mass is 10.1. The van der Waals surface area contributed by atoms with E-state index in [1.165, 1.54) is 0 Å². The van der Waals surface area contributed by atoms with Crippen LogP contribution in [-0.2, 0) is 16.0 Å². The maximum atomic E-state index is 12.1. The summed E-state index contributed by atoms with van der Waals surface area (Å²) < 4.78 is 5.00. The predicted octanol–water partition coefficient (Wildman–Crippen LogP) is 3.02. The zero-order valence-corrected chi connectivity index (χ0v) is 13.6. The van der Waals surface area contributed by atoms with Crippen LogP contribution in [0.3, 0.4) is 0 Å². The topological polar surface area (TPSA) is 63.2 Å². The average molecular weight is 313 g/mol. The first-order valence-corrected chi connectivity index (χ1v) is 7.72. The SMILES string of the molecule is COCCCNc1ccc(NC(=O)Cc2ccccc2C)nc1. The Morgan fingerprint density at radius 2 is 2.04 bits per heavy atom. The minimum Gasteiger partial charge on any atom is -0.385 e. The quantitative estimate of drug-likeness (QED) is 0.735. The molecule has 0 saturated carbocycles. The van der Waals surface area contributed by atoms with Crippen LogP contribution < -0.4 is 10.6 Å². The molecule has 122 valence electrons. The van der Waals surface area contributed by atoms with Gasteiger partial charge in [0.15, 0.2) is 0 Å². The highest BCUT2D eigenvalue weighted by Crippen LogP contribution is 2.12. The van der Waals surface area contributed by atoms with Crippen molar-refractivity contribution in [3.63, 3.8) is 0 Å². The highest BCUT2D eigenvalue weighted by molar-refractivity contribution is 5.91. The highest BCUT2D eigenvalue weighted by atomic mass is 16.5. The molecule has 0 spiro atoms. The van der Waals surface area contributed by atoms with E-state index in [-0.39, 0.29) is 5.91 Å². The fraction of sp³-hybridized carbons (Fsp3) is 0.333. The summed E-state index contributed by atoms with van der Waals surface area (Å²) in [6.07, 6.45) is 3.01. The van der Waals surface area contributed by atoms with Gasteiger partial charge >= 0.3 is 0 Å². The number of nitrogens with one attached hydrogen (secondary N) is 2. The number of anilines is 2. The highest BCUT2D eigenvalue weighted by Gasteiger charge is 2.06. The van der Waals surface area contributed by atoms with Crippen molar-refractivity contribution in [2.75, 3.05) is 30.9 Å². The second-order valence-electron chi connectivity index (χ2n) is 5.36. The molecular formula is C18H23N3O2. The lowest BCUT2D eigenvalue weighted by molar-refractivity contribution is -0.115. The number of aryl methyl sites for hydroxylation is 1. The summed E-state index contributed by atoms with van der Waals surface area (Å²) in [4.78, 5) is 16.3. The smallest absolute Gasteiger partial charge is 0.229 e. The number of hydrogen-bond donors (Lipinski definition) is 2. The maximum Gasteiger partial charge on any atom is 0.229 e. The summed E-state index contributed by atoms with van der Waals surface area (Å²) in [5, 5.41) is 6.08. The Bertz CT molecular complexity index is 626. The first kappa shape index (κ1) is 17.0. The molecule has 0 aliphatic heterocycles. The van der Waals surface area contributed by atoms with Gasteiger partial charge in [0.05, 0.1) is 18.3 Å². The minimum absolute atomic E-state index is 0.0624. The van der Waals surface area contributed by atoms with Crippen LogP contribution in [0.2, 0.25) is 0 Å². The predicted molar refractivity (Wildman–Crippen MR) is 92.7 cm³/mol. The number of amides is 1. The molecule has 0 aliphatic carbocycles. The monoisotopic (exact) mass is 313 g/mol. The third kappa shape index (κ3) is 5.71. The molecule has 1 amide bonds. The second kappa shape index (κ2) is 8.90. The number of aromatic nitrogens is 1. The van der Waals surface area contributed by atoms with E-state index in [1.54, 1.807) is 19.4 Å². The van der Waals surface area contributed by atoms with Gasteiger partial charge in [0, 0.05) is 20.3 Å². The van der Waals surface area contributed by atoms with Gasteiger partial charge in [-0.05, 0) is 36.6 Å². The second-order valence-corrected chi connectivity index (χ2v) is 5.36. The van der Waals surface area contributed by atoms with Gasteiger partial charge in [-0.15, -0.1) is 0 Å². The minimum atomic E-state index is -0.0624. The molecular weight excluding hydrogens is 290 g/mol. The van der Waals surface area contributed by atoms with Crippen molar-refractivity contribution in [1.29, 1.82) is 0 Å². The Balaban J connectivity index is 1.83. The number of nitrogens with zero attached hydrogens (tertiary/aromatic N) is 1. The Morgan fingerprint density at radius 1 is 1.22 bits per heavy atom. The van der Waals surface area contributed by atoms with Gasteiger partial charge in [0.2, 0.25) is 5.91 Å². The number of carbonyl (C=O) groups excluding carboxylic acids is 1. The van der Waals surface area contributed by atoms with Crippen LogP contribution in [0.25, 0.3) is 0 Å². The summed E-state index contributed by atoms with van der Waals surface area (Å²) in [6, 6.07) is 11.6. The van der Waals surface area contributed by atoms with Gasteiger partial charge in [0.1, 0.15) is 5.82 Å². The summed E-state index contributed by atoms with van der Waals surface area (Å²) in [5.74, 6) is 0.499. The zero-order valence-electron chi connectivity index (χ0n) is 13.6. The summed E-state index contributed by atoms with van der Waals surface area (Å²) in [6.45, 7) is 3.56. The van der Waals surface area contributed by atoms with E-state index in [2.05, 4.69) is 15.6 Å². The van der Waals surface area contributed by atoms with Crippen molar-refractivity contribution in [2.24, 2.45) is 0 Å². The lowest BCUT2D eigenvalue weighted by Gasteiger charge is -2.08. The molecule has 0 fully saturated rings. The van der Waals surface area contributed by atoms with Crippen LogP contribution in [0.4, 0.5) is 11.5 Å². The maximum absolute atomic E-state index is 12.1. The zero-order chi connectivity index (χ0) is 16.5. The van der Waals surface area contributed by atoms with E-state index in [4.69, 9.17) is 4.74 Å². The molecule has 1 heterocycles. The van der Waals surface area contributed by atoms with Crippen molar-refractivity contribution in [3.8, 4) is 0 Å². The Morgan fingerprint density at radius 3 is 2.74 bits per heavy atom. The van der Waals surface area contributed by atoms with E-state index in [9.17, 15) is 4.79 Å². The molecule has 2 rings (SSSR count). The van der Waals surface area contributed by atoms with Crippen molar-refractivity contribution in [1.82, 2.24) is 4.98 Å². The summed E-state index contributed by atoms with van der Waals surface area (Å²) in [5.41, 5.74) is 3.07. The third-order valence-electron chi connectivity index (χ3n) is 3.50. The van der Waals surface area contributed by atoms with Crippen LogP contribution in [-0.4, -0.2) is 31.2 Å². The van der Waals surface area contributed by atoms with Gasteiger partial charge in [-0.2, -0.15) is 0 Å². The van der Waals surface area contributed by atoms with Gasteiger partial charge in [0.25, 0.3) is 0 Å². The molecule has 1 aromatic heterocycles. The largest absolute Gasteiger partial charge is 0.385 e. The number of benzene rings is 1. The Kier molecular flexibility index (Phi) is 6.56. The van der Waals surface area contributed by atoms with Crippen LogP contribution in [0.15, 0.2) is 42.6 Å². The fourth-order valence-corrected chi connectivity index (χ4v) is 2.19. The standard InChI is InChI=1S/C18H23N3O2/c1-14-6-3-4-7-15(14)12-18(22)21-17-9-8-16(13-20-17)19-10-5-11-23-2/h3-4,6-9,13,19H,5,10-12H2,1-2H3,(H,20,21,22). The van der Waals surface area contributed by atoms with E-state index >= 15 is 0 Å². The van der Waals surface area contributed by atoms with E-state index in [1.807, 2.05) is 37.3 Å². The Labute approximate surface area is 137 Å². The van der Waals surface area contributed by atoms with E-state index < -0.39 is 0 Å². The number of hydrogen-bond acceptors (Lipinski definition) is 4. The van der Waals surface area contributed by atoms with Gasteiger partial charge in [-0.3, -0.25) is 4.79 Å². The van der Waals surface area contributed by atoms with Crippen LogP contribution in [0.5, 0.6) is 0 Å². The first-order valence-electron chi connectivity index (χ1n) is 7.72. The number of rotatable bonds is 8. The molecule has 2 N–H and O–H groups in total. The van der Waals surface area contributed by atoms with Gasteiger partial charge in [-0.25, -0.2) is 4.98 Å². The molecule has 0 bridgehead atoms. The first-order chi connectivity index (χ1) is 11.2. The fourth-order valence-electron chi connectivity index (χ4n) is 2.19. The number of ether oxygens (including phenoxy) is 1. The lowest BCUT2D eigenvalue weighted by Crippen LogP contribution is -2.16. The summed E-state index contributed by atoms with van der Waals surface area (Å²) >= 11 is 0. The molecule has 5 nitrogen and oxygen atoms in total. The van der Waals surface area contributed by atoms with Crippen LogP contribution >= 0.6 is 0 Å². The normalized spacial score (nSPS) is 10.3. The molecule has 23 heavy (non-hydrogen) atoms. The molecule has 5 heteroatoms. The Hall–Kier alpha value is -2.40. The average Bonchev–Trinajstić information content (AvgIpc) is 2.55. The molecule has 0 saturated heterocycles. The molecule has 0 radical (unpaired) electrons. The molecule has 0 aliphatic rings. The van der Waals surface area contributed by atoms with Crippen molar-refractivity contribution >= 4 is 17.4 Å². The van der Waals surface area contributed by atoms with Crippen molar-refractivity contribution < 1.29 is 9.53 Å². The van der Waals surface area contributed by atoms with Crippen LogP contribution in [0, 0.1) is 6.92 Å². The molecule has 0 atom stereocenters. The molecule has 2 aromatic rings. The van der Waals surface area contributed by atoms with E-state index in [0.717, 1.165) is 36.4 Å². The van der Waals surface area contributed by atoms with Crippen LogP contribution in [0.1, 0.15) is 17.5 Å². The third-order valence-corrected chi connectivity index (χ3v) is 3.50. The number of methoxy groups -OCH3 is 1.